The van der Waals surface area contributed by atoms with Crippen LogP contribution in [0.3, 0.4) is 0 Å². The Hall–Kier alpha value is -1.94. The van der Waals surface area contributed by atoms with Gasteiger partial charge >= 0.3 is 39.5 Å². The van der Waals surface area contributed by atoms with Gasteiger partial charge in [0.25, 0.3) is 0 Å². The molecular weight excluding hydrogens is 1320 g/mol. The maximum Gasteiger partial charge on any atom is 0.472 e. The number of phosphoric acid groups is 2. The average molecular weight is 1480 g/mol. The average Bonchev–Trinajstić information content (AvgIpc) is 0.930. The number of hydrogen-bond acceptors (Lipinski definition) is 15. The Morgan fingerprint density at radius 1 is 0.267 bits per heavy atom. The molecular formula is C82H160O17P2. The van der Waals surface area contributed by atoms with Crippen LogP contribution in [-0.2, 0) is 65.4 Å². The standard InChI is InChI=1S/C82H160O17P2/c1-7-9-11-13-15-17-18-19-20-21-22-23-24-25-30-36-42-48-54-60-66-81(86)99-78(71-93-80(85)65-59-53-47-41-35-29-27-26-28-33-39-44-50-56-62-74(3)4)73-97-101(90,91)95-69-76(83)68-94-100(88,89)96-72-77(70-92-79(84)64-58-52-46-38-16-14-12-10-8-2)98-82(87)67-61-55-49-43-37-32-31-34-40-45-51-57-63-75(5)6/h74-78,83H,7-73H2,1-6H3,(H,88,89)(H,90,91)/t76-,77+,78+/m0/s1. The predicted molar refractivity (Wildman–Crippen MR) is 414 cm³/mol. The van der Waals surface area contributed by atoms with Crippen molar-refractivity contribution in [3.8, 4) is 0 Å². The van der Waals surface area contributed by atoms with E-state index in [1.807, 2.05) is 0 Å². The summed E-state index contributed by atoms with van der Waals surface area (Å²) in [5.41, 5.74) is 0. The van der Waals surface area contributed by atoms with Crippen molar-refractivity contribution in [2.75, 3.05) is 39.6 Å². The third-order valence-corrected chi connectivity index (χ3v) is 21.1. The highest BCUT2D eigenvalue weighted by molar-refractivity contribution is 7.47. The fourth-order valence-corrected chi connectivity index (χ4v) is 14.3. The minimum Gasteiger partial charge on any atom is -0.462 e. The minimum atomic E-state index is -4.96. The van der Waals surface area contributed by atoms with E-state index in [0.29, 0.717) is 25.7 Å². The molecule has 0 bridgehead atoms. The van der Waals surface area contributed by atoms with Gasteiger partial charge in [0, 0.05) is 25.7 Å². The van der Waals surface area contributed by atoms with Crippen LogP contribution < -0.4 is 0 Å². The molecule has 0 saturated carbocycles. The molecule has 3 N–H and O–H groups in total. The Morgan fingerprint density at radius 3 is 0.673 bits per heavy atom. The SMILES string of the molecule is CCCCCCCCCCCCCCCCCCCCCCC(=O)O[C@H](COC(=O)CCCCCCCCCCCCCCCCC(C)C)COP(=O)(O)OC[C@@H](O)COP(=O)(O)OC[C@@H](COC(=O)CCCCCCCCCCC)OC(=O)CCCCCCCCCCCCCCC(C)C. The molecule has 0 fully saturated rings. The predicted octanol–water partition coefficient (Wildman–Crippen LogP) is 24.7. The van der Waals surface area contributed by atoms with Crippen molar-refractivity contribution in [2.24, 2.45) is 11.8 Å². The third kappa shape index (κ3) is 76.1. The van der Waals surface area contributed by atoms with E-state index in [-0.39, 0.29) is 25.7 Å². The lowest BCUT2D eigenvalue weighted by Gasteiger charge is -2.21. The highest BCUT2D eigenvalue weighted by atomic mass is 31.2. The number of ether oxygens (including phenoxy) is 4. The first-order chi connectivity index (χ1) is 48.9. The molecule has 0 aromatic rings. The Kier molecular flexibility index (Phi) is 72.2. The minimum absolute atomic E-state index is 0.107. The number of rotatable bonds is 81. The number of phosphoric ester groups is 2. The zero-order valence-corrected chi connectivity index (χ0v) is 68.0. The normalized spacial score (nSPS) is 13.9. The summed E-state index contributed by atoms with van der Waals surface area (Å²) < 4.78 is 68.7. The van der Waals surface area contributed by atoms with Gasteiger partial charge in [0.05, 0.1) is 26.4 Å². The molecule has 17 nitrogen and oxygen atoms in total. The number of carbonyl (C=O) groups is 4. The van der Waals surface area contributed by atoms with Gasteiger partial charge in [-0.15, -0.1) is 0 Å². The largest absolute Gasteiger partial charge is 0.472 e. The van der Waals surface area contributed by atoms with Gasteiger partial charge in [-0.1, -0.05) is 382 Å². The van der Waals surface area contributed by atoms with Crippen LogP contribution in [-0.4, -0.2) is 96.7 Å². The second-order valence-electron chi connectivity index (χ2n) is 30.5. The third-order valence-electron chi connectivity index (χ3n) is 19.2. The molecule has 0 aliphatic rings. The van der Waals surface area contributed by atoms with E-state index in [1.54, 1.807) is 0 Å². The number of unbranched alkanes of at least 4 members (excludes halogenated alkanes) is 51. The summed E-state index contributed by atoms with van der Waals surface area (Å²) in [6, 6.07) is 0. The van der Waals surface area contributed by atoms with Crippen LogP contribution in [0.15, 0.2) is 0 Å². The van der Waals surface area contributed by atoms with Crippen molar-refractivity contribution in [2.45, 2.75) is 452 Å². The van der Waals surface area contributed by atoms with Crippen LogP contribution in [0.4, 0.5) is 0 Å². The monoisotopic (exact) mass is 1480 g/mol. The second-order valence-corrected chi connectivity index (χ2v) is 33.4. The molecule has 101 heavy (non-hydrogen) atoms. The molecule has 0 spiro atoms. The van der Waals surface area contributed by atoms with Gasteiger partial charge in [-0.3, -0.25) is 37.3 Å². The van der Waals surface area contributed by atoms with E-state index in [0.717, 1.165) is 102 Å². The maximum atomic E-state index is 13.1. The van der Waals surface area contributed by atoms with E-state index < -0.39 is 97.5 Å². The number of aliphatic hydroxyl groups excluding tert-OH is 1. The molecule has 0 radical (unpaired) electrons. The van der Waals surface area contributed by atoms with E-state index in [2.05, 4.69) is 41.5 Å². The van der Waals surface area contributed by atoms with Crippen molar-refractivity contribution in [1.82, 2.24) is 0 Å². The number of hydrogen-bond donors (Lipinski definition) is 3. The Balaban J connectivity index is 5.22. The van der Waals surface area contributed by atoms with E-state index >= 15 is 0 Å². The Morgan fingerprint density at radius 2 is 0.455 bits per heavy atom. The van der Waals surface area contributed by atoms with Crippen molar-refractivity contribution >= 4 is 39.5 Å². The lowest BCUT2D eigenvalue weighted by molar-refractivity contribution is -0.161. The van der Waals surface area contributed by atoms with Crippen molar-refractivity contribution in [3.63, 3.8) is 0 Å². The zero-order valence-electron chi connectivity index (χ0n) is 66.2. The molecule has 0 aromatic heterocycles. The fourth-order valence-electron chi connectivity index (χ4n) is 12.7. The smallest absolute Gasteiger partial charge is 0.462 e. The Labute approximate surface area is 619 Å². The Bertz CT molecular complexity index is 1940. The molecule has 19 heteroatoms. The van der Waals surface area contributed by atoms with Gasteiger partial charge in [0.2, 0.25) is 0 Å². The quantitative estimate of drug-likeness (QED) is 0.0222. The van der Waals surface area contributed by atoms with Crippen LogP contribution >= 0.6 is 15.6 Å². The lowest BCUT2D eigenvalue weighted by atomic mass is 10.0. The highest BCUT2D eigenvalue weighted by Gasteiger charge is 2.30. The van der Waals surface area contributed by atoms with Gasteiger partial charge in [-0.25, -0.2) is 9.13 Å². The van der Waals surface area contributed by atoms with E-state index in [4.69, 9.17) is 37.0 Å². The van der Waals surface area contributed by atoms with Crippen LogP contribution in [0.1, 0.15) is 433 Å². The van der Waals surface area contributed by atoms with Crippen LogP contribution in [0.2, 0.25) is 0 Å². The lowest BCUT2D eigenvalue weighted by Crippen LogP contribution is -2.30. The molecule has 0 saturated heterocycles. The second kappa shape index (κ2) is 73.6. The van der Waals surface area contributed by atoms with Gasteiger partial charge in [0.1, 0.15) is 19.3 Å². The molecule has 0 rings (SSSR count). The number of carbonyl (C=O) groups excluding carboxylic acids is 4. The maximum absolute atomic E-state index is 13.1. The van der Waals surface area contributed by atoms with Crippen molar-refractivity contribution in [3.05, 3.63) is 0 Å². The van der Waals surface area contributed by atoms with Crippen LogP contribution in [0.25, 0.3) is 0 Å². The number of esters is 4. The molecule has 0 aliphatic carbocycles. The fraction of sp³-hybridized carbons (Fsp3) is 0.951. The van der Waals surface area contributed by atoms with Gasteiger partial charge in [-0.05, 0) is 37.5 Å². The zero-order chi connectivity index (χ0) is 74.2. The first-order valence-electron chi connectivity index (χ1n) is 42.5. The molecule has 0 aromatic carbocycles. The topological polar surface area (TPSA) is 237 Å². The van der Waals surface area contributed by atoms with Gasteiger partial charge in [-0.2, -0.15) is 0 Å². The van der Waals surface area contributed by atoms with E-state index in [9.17, 15) is 43.2 Å². The van der Waals surface area contributed by atoms with Crippen molar-refractivity contribution in [1.29, 1.82) is 0 Å². The van der Waals surface area contributed by atoms with Crippen LogP contribution in [0.5, 0.6) is 0 Å². The summed E-state index contributed by atoms with van der Waals surface area (Å²) in [5.74, 6) is -0.532. The highest BCUT2D eigenvalue weighted by Crippen LogP contribution is 2.45. The first-order valence-corrected chi connectivity index (χ1v) is 45.5. The van der Waals surface area contributed by atoms with E-state index in [1.165, 1.54) is 250 Å². The number of aliphatic hydroxyl groups is 1. The van der Waals surface area contributed by atoms with Crippen LogP contribution in [0, 0.1) is 11.8 Å². The molecule has 0 amide bonds. The molecule has 2 unspecified atom stereocenters. The van der Waals surface area contributed by atoms with Gasteiger partial charge in [0.15, 0.2) is 12.2 Å². The summed E-state index contributed by atoms with van der Waals surface area (Å²) in [4.78, 5) is 73.0. The molecule has 0 aliphatic heterocycles. The molecule has 5 atom stereocenters. The summed E-state index contributed by atoms with van der Waals surface area (Å²) in [5, 5.41) is 10.6. The molecule has 600 valence electrons. The summed E-state index contributed by atoms with van der Waals surface area (Å²) in [6.45, 7) is 9.66. The van der Waals surface area contributed by atoms with Crippen molar-refractivity contribution < 1.29 is 80.2 Å². The first kappa shape index (κ1) is 99.1. The summed E-state index contributed by atoms with van der Waals surface area (Å²) in [7, 11) is -9.92. The summed E-state index contributed by atoms with van der Waals surface area (Å²) in [6.07, 6.45) is 63.9. The molecule has 0 heterocycles. The van der Waals surface area contributed by atoms with Gasteiger partial charge < -0.3 is 33.8 Å². The summed E-state index contributed by atoms with van der Waals surface area (Å²) >= 11 is 0.